The van der Waals surface area contributed by atoms with Crippen molar-refractivity contribution in [1.29, 1.82) is 0 Å². The minimum atomic E-state index is 0.472. The lowest BCUT2D eigenvalue weighted by Crippen LogP contribution is -2.60. The SMILES string of the molecule is COc1cccc([C@@H]2[C@H](C)[C@H]3C[C@@H]([C@H]2CN(C)CCc2ccccc2)C3(C)C)c1. The second-order valence-electron chi connectivity index (χ2n) is 10.1. The van der Waals surface area contributed by atoms with E-state index in [1.54, 1.807) is 7.11 Å². The molecular weight excluding hydrogens is 354 g/mol. The van der Waals surface area contributed by atoms with E-state index in [4.69, 9.17) is 4.74 Å². The monoisotopic (exact) mass is 391 g/mol. The summed E-state index contributed by atoms with van der Waals surface area (Å²) >= 11 is 0. The molecule has 0 aromatic heterocycles. The van der Waals surface area contributed by atoms with E-state index in [9.17, 15) is 0 Å². The fraction of sp³-hybridized carbons (Fsp3) is 0.556. The molecule has 0 heterocycles. The molecule has 5 rings (SSSR count). The van der Waals surface area contributed by atoms with Crippen LogP contribution in [-0.4, -0.2) is 32.1 Å². The van der Waals surface area contributed by atoms with Gasteiger partial charge >= 0.3 is 0 Å². The second kappa shape index (κ2) is 8.14. The Balaban J connectivity index is 1.53. The van der Waals surface area contributed by atoms with E-state index in [0.29, 0.717) is 17.3 Å². The van der Waals surface area contributed by atoms with Crippen molar-refractivity contribution in [2.45, 2.75) is 39.5 Å². The molecule has 3 aliphatic carbocycles. The van der Waals surface area contributed by atoms with Crippen molar-refractivity contribution in [2.75, 3.05) is 27.2 Å². The molecule has 2 aromatic rings. The Kier molecular flexibility index (Phi) is 5.75. The van der Waals surface area contributed by atoms with Crippen LogP contribution in [-0.2, 0) is 6.42 Å². The van der Waals surface area contributed by atoms with Crippen molar-refractivity contribution in [3.05, 3.63) is 65.7 Å². The molecule has 0 spiro atoms. The zero-order valence-corrected chi connectivity index (χ0v) is 18.8. The minimum Gasteiger partial charge on any atom is -0.497 e. The lowest BCUT2D eigenvalue weighted by atomic mass is 9.39. The summed E-state index contributed by atoms with van der Waals surface area (Å²) in [5.74, 6) is 4.70. The van der Waals surface area contributed by atoms with Crippen LogP contribution in [0, 0.1) is 29.1 Å². The van der Waals surface area contributed by atoms with Crippen LogP contribution in [0.5, 0.6) is 5.75 Å². The third kappa shape index (κ3) is 3.84. The number of methoxy groups -OCH3 is 1. The molecule has 29 heavy (non-hydrogen) atoms. The Morgan fingerprint density at radius 3 is 2.48 bits per heavy atom. The highest BCUT2D eigenvalue weighted by Gasteiger charge is 2.60. The molecule has 3 fully saturated rings. The van der Waals surface area contributed by atoms with Crippen molar-refractivity contribution in [2.24, 2.45) is 29.1 Å². The summed E-state index contributed by atoms with van der Waals surface area (Å²) in [5, 5.41) is 0. The van der Waals surface area contributed by atoms with E-state index in [1.807, 2.05) is 0 Å². The van der Waals surface area contributed by atoms with Crippen molar-refractivity contribution >= 4 is 0 Å². The van der Waals surface area contributed by atoms with Gasteiger partial charge in [0.2, 0.25) is 0 Å². The van der Waals surface area contributed by atoms with Crippen LogP contribution in [0.3, 0.4) is 0 Å². The number of likely N-dealkylation sites (N-methyl/N-ethyl adjacent to an activating group) is 1. The average Bonchev–Trinajstić information content (AvgIpc) is 2.72. The van der Waals surface area contributed by atoms with Gasteiger partial charge in [-0.3, -0.25) is 0 Å². The highest BCUT2D eigenvalue weighted by molar-refractivity contribution is 5.33. The molecule has 3 saturated carbocycles. The Hall–Kier alpha value is -1.80. The van der Waals surface area contributed by atoms with E-state index >= 15 is 0 Å². The minimum absolute atomic E-state index is 0.472. The van der Waals surface area contributed by atoms with Crippen LogP contribution in [0.25, 0.3) is 0 Å². The normalized spacial score (nSPS) is 30.1. The predicted octanol–water partition coefficient (Wildman–Crippen LogP) is 5.88. The molecule has 2 nitrogen and oxygen atoms in total. The topological polar surface area (TPSA) is 12.5 Å². The number of fused-ring (bicyclic) bond motifs is 2. The molecule has 0 amide bonds. The van der Waals surface area contributed by atoms with Crippen molar-refractivity contribution < 1.29 is 4.74 Å². The Labute approximate surface area is 177 Å². The third-order valence-electron chi connectivity index (χ3n) is 8.22. The molecule has 0 N–H and O–H groups in total. The van der Waals surface area contributed by atoms with Gasteiger partial charge in [-0.15, -0.1) is 0 Å². The van der Waals surface area contributed by atoms with Crippen LogP contribution in [0.2, 0.25) is 0 Å². The van der Waals surface area contributed by atoms with Gasteiger partial charge in [0.25, 0.3) is 0 Å². The maximum atomic E-state index is 5.55. The molecule has 0 radical (unpaired) electrons. The molecule has 0 aliphatic heterocycles. The smallest absolute Gasteiger partial charge is 0.119 e. The van der Waals surface area contributed by atoms with Crippen LogP contribution >= 0.6 is 0 Å². The van der Waals surface area contributed by atoms with Crippen LogP contribution < -0.4 is 4.74 Å². The van der Waals surface area contributed by atoms with Gasteiger partial charge in [0.15, 0.2) is 0 Å². The molecule has 156 valence electrons. The van der Waals surface area contributed by atoms with E-state index in [2.05, 4.69) is 87.3 Å². The van der Waals surface area contributed by atoms with Gasteiger partial charge in [0.1, 0.15) is 5.75 Å². The molecule has 0 unspecified atom stereocenters. The van der Waals surface area contributed by atoms with Crippen LogP contribution in [0.4, 0.5) is 0 Å². The number of ether oxygens (including phenoxy) is 1. The first-order valence-corrected chi connectivity index (χ1v) is 11.3. The number of rotatable bonds is 7. The fourth-order valence-electron chi connectivity index (χ4n) is 6.56. The molecule has 0 saturated heterocycles. The molecule has 2 bridgehead atoms. The van der Waals surface area contributed by atoms with Gasteiger partial charge in [-0.25, -0.2) is 0 Å². The van der Waals surface area contributed by atoms with Gasteiger partial charge in [-0.2, -0.15) is 0 Å². The summed E-state index contributed by atoms with van der Waals surface area (Å²) in [6.45, 7) is 9.83. The lowest BCUT2D eigenvalue weighted by Gasteiger charge is -2.66. The van der Waals surface area contributed by atoms with Crippen molar-refractivity contribution in [1.82, 2.24) is 4.90 Å². The van der Waals surface area contributed by atoms with Crippen LogP contribution in [0.1, 0.15) is 44.2 Å². The quantitative estimate of drug-likeness (QED) is 0.584. The summed E-state index contributed by atoms with van der Waals surface area (Å²) in [5.41, 5.74) is 3.38. The van der Waals surface area contributed by atoms with Gasteiger partial charge in [-0.05, 0) is 78.2 Å². The maximum absolute atomic E-state index is 5.55. The number of benzene rings is 2. The first kappa shape index (κ1) is 20.5. The standard InChI is InChI=1S/C27H37NO/c1-19-24-17-25(27(24,2)3)23(26(19)21-12-9-13-22(16-21)29-5)18-28(4)15-14-20-10-7-6-8-11-20/h6-13,16,19,23-26H,14-15,17-18H2,1-5H3/t19-,23-,24-,25+,26+/m1/s1. The number of hydrogen-bond acceptors (Lipinski definition) is 2. The summed E-state index contributed by atoms with van der Waals surface area (Å²) in [6.07, 6.45) is 2.53. The zero-order valence-electron chi connectivity index (χ0n) is 18.8. The summed E-state index contributed by atoms with van der Waals surface area (Å²) in [4.78, 5) is 2.58. The van der Waals surface area contributed by atoms with Crippen LogP contribution in [0.15, 0.2) is 54.6 Å². The first-order valence-electron chi connectivity index (χ1n) is 11.3. The summed E-state index contributed by atoms with van der Waals surface area (Å²) < 4.78 is 5.55. The van der Waals surface area contributed by atoms with Crippen molar-refractivity contribution in [3.8, 4) is 5.75 Å². The first-order chi connectivity index (χ1) is 13.9. The predicted molar refractivity (Wildman–Crippen MR) is 121 cm³/mol. The molecule has 3 aliphatic rings. The highest BCUT2D eigenvalue weighted by atomic mass is 16.5. The lowest BCUT2D eigenvalue weighted by molar-refractivity contribution is -0.154. The number of hydrogen-bond donors (Lipinski definition) is 0. The van der Waals surface area contributed by atoms with Gasteiger partial charge < -0.3 is 9.64 Å². The highest BCUT2D eigenvalue weighted by Crippen LogP contribution is 2.67. The maximum Gasteiger partial charge on any atom is 0.119 e. The molecule has 5 atom stereocenters. The van der Waals surface area contributed by atoms with Gasteiger partial charge in [-0.1, -0.05) is 63.2 Å². The van der Waals surface area contributed by atoms with Crippen molar-refractivity contribution in [3.63, 3.8) is 0 Å². The molecule has 2 aromatic carbocycles. The third-order valence-corrected chi connectivity index (χ3v) is 8.22. The van der Waals surface area contributed by atoms with Gasteiger partial charge in [0, 0.05) is 13.1 Å². The Morgan fingerprint density at radius 2 is 1.79 bits per heavy atom. The van der Waals surface area contributed by atoms with E-state index in [0.717, 1.165) is 36.5 Å². The van der Waals surface area contributed by atoms with E-state index in [-0.39, 0.29) is 0 Å². The van der Waals surface area contributed by atoms with E-state index < -0.39 is 0 Å². The molecule has 2 heteroatoms. The van der Waals surface area contributed by atoms with Gasteiger partial charge in [0.05, 0.1) is 7.11 Å². The largest absolute Gasteiger partial charge is 0.497 e. The zero-order chi connectivity index (χ0) is 20.6. The summed E-state index contributed by atoms with van der Waals surface area (Å²) in [6, 6.07) is 19.7. The number of nitrogens with zero attached hydrogens (tertiary/aromatic N) is 1. The second-order valence-corrected chi connectivity index (χ2v) is 10.1. The Morgan fingerprint density at radius 1 is 1.03 bits per heavy atom. The Bertz CT molecular complexity index is 814. The van der Waals surface area contributed by atoms with E-state index in [1.165, 1.54) is 24.1 Å². The summed E-state index contributed by atoms with van der Waals surface area (Å²) in [7, 11) is 4.09. The fourth-order valence-corrected chi connectivity index (χ4v) is 6.56. The average molecular weight is 392 g/mol. The molecular formula is C27H37NO.